The van der Waals surface area contributed by atoms with E-state index in [2.05, 4.69) is 31.9 Å². The van der Waals surface area contributed by atoms with Crippen LogP contribution in [0.5, 0.6) is 0 Å². The Balaban J connectivity index is 4.28. The van der Waals surface area contributed by atoms with Crippen LogP contribution in [0.1, 0.15) is 39.5 Å². The second kappa shape index (κ2) is 9.21. The standard InChI is InChI=1S/C11H22BrO5P/c1-5-6-7-8-9(2)10(13)11(12)17-18(14,15-3)16-4/h9,11H,5-8H2,1-4H3/t9-,11?/m1/s1. The number of carbonyl (C=O) groups is 1. The van der Waals surface area contributed by atoms with Gasteiger partial charge in [-0.2, -0.15) is 0 Å². The van der Waals surface area contributed by atoms with Gasteiger partial charge in [0.25, 0.3) is 0 Å². The third-order valence-electron chi connectivity index (χ3n) is 2.62. The minimum atomic E-state index is -3.63. The molecule has 0 aliphatic carbocycles. The van der Waals surface area contributed by atoms with E-state index in [0.29, 0.717) is 0 Å². The fraction of sp³-hybridized carbons (Fsp3) is 0.909. The Morgan fingerprint density at radius 2 is 1.83 bits per heavy atom. The van der Waals surface area contributed by atoms with E-state index in [-0.39, 0.29) is 11.7 Å². The predicted molar refractivity (Wildman–Crippen MR) is 73.7 cm³/mol. The summed E-state index contributed by atoms with van der Waals surface area (Å²) >= 11 is 3.07. The first-order valence-electron chi connectivity index (χ1n) is 5.97. The number of ketones is 1. The van der Waals surface area contributed by atoms with Crippen LogP contribution in [0.15, 0.2) is 0 Å². The van der Waals surface area contributed by atoms with E-state index in [1.807, 2.05) is 6.92 Å². The molecule has 0 aromatic rings. The third-order valence-corrected chi connectivity index (χ3v) is 4.91. The molecule has 0 amide bonds. The quantitative estimate of drug-likeness (QED) is 0.341. The summed E-state index contributed by atoms with van der Waals surface area (Å²) in [5.41, 5.74) is 0. The maximum Gasteiger partial charge on any atom is 0.475 e. The van der Waals surface area contributed by atoms with Gasteiger partial charge in [-0.3, -0.25) is 18.4 Å². The van der Waals surface area contributed by atoms with Gasteiger partial charge in [0, 0.05) is 20.1 Å². The molecule has 2 atom stereocenters. The third kappa shape index (κ3) is 6.43. The Morgan fingerprint density at radius 1 is 1.28 bits per heavy atom. The highest BCUT2D eigenvalue weighted by Gasteiger charge is 2.32. The molecule has 0 bridgehead atoms. The summed E-state index contributed by atoms with van der Waals surface area (Å²) < 4.78 is 25.9. The van der Waals surface area contributed by atoms with Crippen LogP contribution in [0.2, 0.25) is 0 Å². The van der Waals surface area contributed by atoms with Gasteiger partial charge in [0.05, 0.1) is 0 Å². The molecule has 0 aliphatic rings. The number of hydrogen-bond donors (Lipinski definition) is 0. The van der Waals surface area contributed by atoms with Gasteiger partial charge in [-0.25, -0.2) is 4.57 Å². The van der Waals surface area contributed by atoms with Crippen LogP contribution in [0.3, 0.4) is 0 Å². The smallest absolute Gasteiger partial charge is 0.295 e. The largest absolute Gasteiger partial charge is 0.475 e. The van der Waals surface area contributed by atoms with E-state index in [9.17, 15) is 9.36 Å². The van der Waals surface area contributed by atoms with Crippen LogP contribution in [0, 0.1) is 5.92 Å². The second-order valence-electron chi connectivity index (χ2n) is 4.03. The van der Waals surface area contributed by atoms with Crippen molar-refractivity contribution in [2.45, 2.75) is 44.5 Å². The predicted octanol–water partition coefficient (Wildman–Crippen LogP) is 3.91. The number of phosphoric acid groups is 1. The molecule has 1 unspecified atom stereocenters. The molecular weight excluding hydrogens is 323 g/mol. The SMILES string of the molecule is CCCCC[C@@H](C)C(=O)C(Br)OP(=O)(OC)OC. The zero-order valence-electron chi connectivity index (χ0n) is 11.3. The van der Waals surface area contributed by atoms with Crippen molar-refractivity contribution >= 4 is 29.5 Å². The number of rotatable bonds is 10. The molecule has 5 nitrogen and oxygen atoms in total. The van der Waals surface area contributed by atoms with Gasteiger partial charge in [0.2, 0.25) is 0 Å². The van der Waals surface area contributed by atoms with Crippen molar-refractivity contribution in [1.29, 1.82) is 0 Å². The van der Waals surface area contributed by atoms with Gasteiger partial charge >= 0.3 is 7.82 Å². The van der Waals surface area contributed by atoms with Gasteiger partial charge < -0.3 is 0 Å². The number of Topliss-reactive ketones (excluding diaryl/α,β-unsaturated/α-hetero) is 1. The Labute approximate surface area is 117 Å². The number of alkyl halides is 1. The number of carbonyl (C=O) groups excluding carboxylic acids is 1. The first kappa shape index (κ1) is 18.3. The van der Waals surface area contributed by atoms with Crippen molar-refractivity contribution in [2.24, 2.45) is 5.92 Å². The number of phosphoric ester groups is 1. The highest BCUT2D eigenvalue weighted by atomic mass is 79.9. The van der Waals surface area contributed by atoms with Crippen LogP contribution >= 0.6 is 23.8 Å². The van der Waals surface area contributed by atoms with Gasteiger partial charge in [0.15, 0.2) is 10.8 Å². The molecule has 0 saturated carbocycles. The summed E-state index contributed by atoms with van der Waals surface area (Å²) in [7, 11) is -1.22. The zero-order valence-corrected chi connectivity index (χ0v) is 13.8. The lowest BCUT2D eigenvalue weighted by Gasteiger charge is -2.19. The van der Waals surface area contributed by atoms with Gasteiger partial charge in [0.1, 0.15) is 0 Å². The first-order chi connectivity index (χ1) is 8.40. The molecule has 0 saturated heterocycles. The van der Waals surface area contributed by atoms with Crippen molar-refractivity contribution in [3.63, 3.8) is 0 Å². The van der Waals surface area contributed by atoms with E-state index in [4.69, 9.17) is 4.52 Å². The molecule has 0 heterocycles. The second-order valence-corrected chi connectivity index (χ2v) is 6.70. The van der Waals surface area contributed by atoms with Crippen molar-refractivity contribution < 1.29 is 22.9 Å². The summed E-state index contributed by atoms with van der Waals surface area (Å²) in [6.07, 6.45) is 4.00. The van der Waals surface area contributed by atoms with Crippen molar-refractivity contribution in [1.82, 2.24) is 0 Å². The Bertz CT molecular complexity index is 289. The van der Waals surface area contributed by atoms with Crippen LogP contribution in [-0.2, 0) is 22.9 Å². The highest BCUT2D eigenvalue weighted by molar-refractivity contribution is 9.09. The van der Waals surface area contributed by atoms with Crippen LogP contribution in [0.25, 0.3) is 0 Å². The van der Waals surface area contributed by atoms with Gasteiger partial charge in [-0.1, -0.05) is 33.1 Å². The Morgan fingerprint density at radius 3 is 2.28 bits per heavy atom. The summed E-state index contributed by atoms with van der Waals surface area (Å²) in [5.74, 6) is -0.302. The molecule has 0 aromatic heterocycles. The van der Waals surface area contributed by atoms with E-state index in [0.717, 1.165) is 25.7 Å². The van der Waals surface area contributed by atoms with Gasteiger partial charge in [-0.05, 0) is 22.4 Å². The topological polar surface area (TPSA) is 61.8 Å². The lowest BCUT2D eigenvalue weighted by atomic mass is 9.99. The Hall–Kier alpha value is 0.260. The molecule has 0 fully saturated rings. The lowest BCUT2D eigenvalue weighted by molar-refractivity contribution is -0.126. The van der Waals surface area contributed by atoms with Gasteiger partial charge in [-0.15, -0.1) is 0 Å². The normalized spacial score (nSPS) is 15.4. The molecule has 0 radical (unpaired) electrons. The molecule has 0 N–H and O–H groups in total. The van der Waals surface area contributed by atoms with E-state index >= 15 is 0 Å². The average Bonchev–Trinajstić information content (AvgIpc) is 2.37. The molecule has 0 rings (SSSR count). The zero-order chi connectivity index (χ0) is 14.2. The number of halogens is 1. The maximum absolute atomic E-state index is 11.9. The molecule has 0 spiro atoms. The van der Waals surface area contributed by atoms with Crippen LogP contribution in [-0.4, -0.2) is 25.0 Å². The minimum absolute atomic E-state index is 0.150. The summed E-state index contributed by atoms with van der Waals surface area (Å²) in [4.78, 5) is 11.9. The van der Waals surface area contributed by atoms with Crippen molar-refractivity contribution in [2.75, 3.05) is 14.2 Å². The Kier molecular flexibility index (Phi) is 9.34. The van der Waals surface area contributed by atoms with E-state index in [1.54, 1.807) is 0 Å². The molecule has 18 heavy (non-hydrogen) atoms. The van der Waals surface area contributed by atoms with Crippen LogP contribution < -0.4 is 0 Å². The molecular formula is C11H22BrO5P. The average molecular weight is 345 g/mol. The fourth-order valence-corrected chi connectivity index (χ4v) is 3.11. The van der Waals surface area contributed by atoms with E-state index < -0.39 is 12.8 Å². The fourth-order valence-electron chi connectivity index (χ4n) is 1.39. The van der Waals surface area contributed by atoms with Crippen LogP contribution in [0.4, 0.5) is 0 Å². The number of unbranched alkanes of at least 4 members (excludes halogenated alkanes) is 2. The summed E-state index contributed by atoms with van der Waals surface area (Å²) in [6.45, 7) is 3.94. The molecule has 0 aromatic carbocycles. The van der Waals surface area contributed by atoms with Crippen molar-refractivity contribution in [3.8, 4) is 0 Å². The molecule has 108 valence electrons. The van der Waals surface area contributed by atoms with E-state index in [1.165, 1.54) is 14.2 Å². The highest BCUT2D eigenvalue weighted by Crippen LogP contribution is 2.49. The number of hydrogen-bond acceptors (Lipinski definition) is 5. The minimum Gasteiger partial charge on any atom is -0.295 e. The van der Waals surface area contributed by atoms with Crippen molar-refractivity contribution in [3.05, 3.63) is 0 Å². The maximum atomic E-state index is 11.9. The lowest BCUT2D eigenvalue weighted by Crippen LogP contribution is -2.24. The first-order valence-corrected chi connectivity index (χ1v) is 8.35. The summed E-state index contributed by atoms with van der Waals surface area (Å²) in [5, 5.41) is -0.972. The summed E-state index contributed by atoms with van der Waals surface area (Å²) in [6, 6.07) is 0. The monoisotopic (exact) mass is 344 g/mol. The molecule has 0 aliphatic heterocycles. The molecule has 7 heteroatoms.